The summed E-state index contributed by atoms with van der Waals surface area (Å²) < 4.78 is 23.0. The summed E-state index contributed by atoms with van der Waals surface area (Å²) in [5, 5.41) is 13.6. The van der Waals surface area contributed by atoms with E-state index in [4.69, 9.17) is 9.05 Å². The second-order valence-corrected chi connectivity index (χ2v) is 18.8. The zero-order chi connectivity index (χ0) is 49.2. The number of nitrogens with one attached hydrogen (secondary N) is 1. The molecule has 0 bridgehead atoms. The number of phosphoric acid groups is 1. The van der Waals surface area contributed by atoms with Crippen LogP contribution in [-0.2, 0) is 18.4 Å². The van der Waals surface area contributed by atoms with Crippen molar-refractivity contribution in [1.82, 2.24) is 5.32 Å². The molecule has 0 saturated carbocycles. The van der Waals surface area contributed by atoms with E-state index in [2.05, 4.69) is 165 Å². The van der Waals surface area contributed by atoms with Gasteiger partial charge in [-0.1, -0.05) is 191 Å². The van der Waals surface area contributed by atoms with Gasteiger partial charge in [0.2, 0.25) is 5.91 Å². The van der Waals surface area contributed by atoms with Gasteiger partial charge in [0.25, 0.3) is 7.82 Å². The van der Waals surface area contributed by atoms with Crippen LogP contribution in [0.25, 0.3) is 0 Å². The summed E-state index contributed by atoms with van der Waals surface area (Å²) in [6, 6.07) is -0.918. The molecule has 2 N–H and O–H groups in total. The first-order valence-electron chi connectivity index (χ1n) is 25.3. The molecule has 8 nitrogen and oxygen atoms in total. The lowest BCUT2D eigenvalue weighted by Gasteiger charge is -2.29. The number of likely N-dealkylation sites (N-methyl/N-ethyl adjacent to an activating group) is 1. The van der Waals surface area contributed by atoms with Gasteiger partial charge in [-0.25, -0.2) is 0 Å². The van der Waals surface area contributed by atoms with Gasteiger partial charge in [-0.05, 0) is 109 Å². The van der Waals surface area contributed by atoms with Gasteiger partial charge in [0, 0.05) is 6.42 Å². The molecule has 3 atom stereocenters. The number of carbonyl (C=O) groups excluding carboxylic acids is 1. The predicted octanol–water partition coefficient (Wildman–Crippen LogP) is 14.5. The van der Waals surface area contributed by atoms with Crippen LogP contribution in [0.3, 0.4) is 0 Å². The highest BCUT2D eigenvalue weighted by atomic mass is 31.2. The number of rotatable bonds is 43. The third kappa shape index (κ3) is 49.8. The molecular formula is C58H93N2O6P. The normalized spacial score (nSPS) is 15.4. The van der Waals surface area contributed by atoms with Crippen LogP contribution in [0.4, 0.5) is 0 Å². The van der Waals surface area contributed by atoms with Crippen LogP contribution >= 0.6 is 7.82 Å². The lowest BCUT2D eigenvalue weighted by atomic mass is 10.1. The summed E-state index contributed by atoms with van der Waals surface area (Å²) in [5.74, 6) is -0.254. The molecule has 0 aromatic rings. The topological polar surface area (TPSA) is 108 Å². The fraction of sp³-hybridized carbons (Fsp3) is 0.534. The standard InChI is InChI=1S/C58H93N2O6P/c1-6-8-10-12-14-15-16-17-18-19-20-21-22-23-24-25-26-27-28-29-30-31-32-33-34-35-36-37-38-39-40-41-42-43-44-45-46-48-50-52-58(62)59-56(57(61)51-49-47-13-11-9-7-2)55-66-67(63,64)65-54-53-60(3,4)5/h8,10,14-15,17-18,20-21,23-24,26-27,29-30,32-33,35-36,38-39,41-42,44-45,49,51,56-57,61H,6-7,9,11-13,16,19,22,25,28,31,34,37,40,43,46-48,50,52-55H2,1-5H3,(H-,59,62,63,64)/b10-8-,15-14-,18-17-,21-20-,24-23-,27-26-,30-29-,33-32-,36-35-,39-38-,42-41-,45-44-,51-49+. The van der Waals surface area contributed by atoms with E-state index in [9.17, 15) is 19.4 Å². The molecule has 9 heteroatoms. The molecule has 0 fully saturated rings. The average molecular weight is 945 g/mol. The molecule has 1 amide bonds. The molecule has 376 valence electrons. The summed E-state index contributed by atoms with van der Waals surface area (Å²) >= 11 is 0. The van der Waals surface area contributed by atoms with Crippen molar-refractivity contribution >= 4 is 13.7 Å². The number of nitrogens with zero attached hydrogens (tertiary/aromatic N) is 1. The minimum absolute atomic E-state index is 0.0194. The van der Waals surface area contributed by atoms with Crippen LogP contribution in [0.1, 0.15) is 149 Å². The van der Waals surface area contributed by atoms with Crippen LogP contribution in [0.2, 0.25) is 0 Å². The number of carbonyl (C=O) groups is 1. The van der Waals surface area contributed by atoms with Crippen LogP contribution in [0, 0.1) is 0 Å². The largest absolute Gasteiger partial charge is 0.756 e. The Balaban J connectivity index is 4.14. The number of quaternary nitrogens is 1. The highest BCUT2D eigenvalue weighted by Crippen LogP contribution is 2.38. The number of hydrogen-bond acceptors (Lipinski definition) is 6. The zero-order valence-electron chi connectivity index (χ0n) is 42.5. The maximum absolute atomic E-state index is 12.8. The Morgan fingerprint density at radius 1 is 0.537 bits per heavy atom. The Labute approximate surface area is 410 Å². The van der Waals surface area contributed by atoms with Crippen LogP contribution in [0.15, 0.2) is 158 Å². The Morgan fingerprint density at radius 3 is 1.30 bits per heavy atom. The highest BCUT2D eigenvalue weighted by molar-refractivity contribution is 7.45. The number of phosphoric ester groups is 1. The molecule has 3 unspecified atom stereocenters. The van der Waals surface area contributed by atoms with Gasteiger partial charge >= 0.3 is 0 Å². The Kier molecular flexibility index (Phi) is 44.5. The number of hydrogen-bond donors (Lipinski definition) is 2. The van der Waals surface area contributed by atoms with E-state index < -0.39 is 26.6 Å². The van der Waals surface area contributed by atoms with Gasteiger partial charge < -0.3 is 28.8 Å². The van der Waals surface area contributed by atoms with Crippen molar-refractivity contribution in [2.45, 2.75) is 161 Å². The summed E-state index contributed by atoms with van der Waals surface area (Å²) in [6.45, 7) is 4.36. The maximum Gasteiger partial charge on any atom is 0.268 e. The molecule has 0 saturated heterocycles. The number of aliphatic hydroxyl groups is 1. The summed E-state index contributed by atoms with van der Waals surface area (Å²) in [6.07, 6.45) is 75.0. The minimum atomic E-state index is -4.60. The number of allylic oxidation sites excluding steroid dienone is 25. The fourth-order valence-electron chi connectivity index (χ4n) is 6.01. The molecule has 0 aromatic carbocycles. The Bertz CT molecular complexity index is 1640. The van der Waals surface area contributed by atoms with E-state index in [0.29, 0.717) is 17.4 Å². The average Bonchev–Trinajstić information content (AvgIpc) is 3.29. The smallest absolute Gasteiger partial charge is 0.268 e. The molecule has 0 radical (unpaired) electrons. The fourth-order valence-corrected chi connectivity index (χ4v) is 6.74. The minimum Gasteiger partial charge on any atom is -0.756 e. The van der Waals surface area contributed by atoms with Gasteiger partial charge in [0.05, 0.1) is 39.9 Å². The lowest BCUT2D eigenvalue weighted by molar-refractivity contribution is -0.870. The first kappa shape index (κ1) is 63.1. The molecular weight excluding hydrogens is 852 g/mol. The zero-order valence-corrected chi connectivity index (χ0v) is 43.4. The third-order valence-corrected chi connectivity index (χ3v) is 11.0. The van der Waals surface area contributed by atoms with Gasteiger partial charge in [-0.3, -0.25) is 9.36 Å². The highest BCUT2D eigenvalue weighted by Gasteiger charge is 2.23. The van der Waals surface area contributed by atoms with E-state index >= 15 is 0 Å². The predicted molar refractivity (Wildman–Crippen MR) is 287 cm³/mol. The van der Waals surface area contributed by atoms with E-state index in [1.807, 2.05) is 27.2 Å². The molecule has 0 aliphatic heterocycles. The molecule has 67 heavy (non-hydrogen) atoms. The van der Waals surface area contributed by atoms with E-state index in [1.54, 1.807) is 6.08 Å². The summed E-state index contributed by atoms with van der Waals surface area (Å²) in [5.41, 5.74) is 0. The van der Waals surface area contributed by atoms with Gasteiger partial charge in [-0.15, -0.1) is 0 Å². The second-order valence-electron chi connectivity index (χ2n) is 17.4. The lowest BCUT2D eigenvalue weighted by Crippen LogP contribution is -2.45. The van der Waals surface area contributed by atoms with Crippen LogP contribution in [0.5, 0.6) is 0 Å². The van der Waals surface area contributed by atoms with Crippen molar-refractivity contribution in [3.05, 3.63) is 158 Å². The molecule has 0 heterocycles. The van der Waals surface area contributed by atoms with Gasteiger partial charge in [-0.2, -0.15) is 0 Å². The SMILES string of the molecule is CC/C=C\C/C=C\C/C=C\C/C=C\C/C=C\C/C=C\C/C=C\C/C=C\C/C=C\C/C=C\C/C=C\C/C=C\CCCCC(=O)NC(COP(=O)([O-])OCC[N+](C)(C)C)C(O)/C=C/CCCCCC. The Morgan fingerprint density at radius 2 is 0.910 bits per heavy atom. The summed E-state index contributed by atoms with van der Waals surface area (Å²) in [7, 11) is 1.20. The van der Waals surface area contributed by atoms with Crippen LogP contribution in [-0.4, -0.2) is 68.5 Å². The van der Waals surface area contributed by atoms with Crippen molar-refractivity contribution in [1.29, 1.82) is 0 Å². The quantitative estimate of drug-likeness (QED) is 0.0273. The van der Waals surface area contributed by atoms with Gasteiger partial charge in [0.1, 0.15) is 13.2 Å². The van der Waals surface area contributed by atoms with Crippen molar-refractivity contribution in [2.75, 3.05) is 40.9 Å². The van der Waals surface area contributed by atoms with Crippen LogP contribution < -0.4 is 10.2 Å². The van der Waals surface area contributed by atoms with Crippen molar-refractivity contribution in [2.24, 2.45) is 0 Å². The molecule has 0 aliphatic rings. The number of aliphatic hydroxyl groups excluding tert-OH is 1. The van der Waals surface area contributed by atoms with Crippen molar-refractivity contribution in [3.63, 3.8) is 0 Å². The third-order valence-electron chi connectivity index (χ3n) is 9.99. The Hall–Kier alpha value is -3.88. The first-order valence-corrected chi connectivity index (χ1v) is 26.8. The molecule has 0 rings (SSSR count). The number of unbranched alkanes of at least 4 members (excludes halogenated alkanes) is 6. The monoisotopic (exact) mass is 945 g/mol. The maximum atomic E-state index is 12.8. The van der Waals surface area contributed by atoms with Gasteiger partial charge in [0.15, 0.2) is 0 Å². The molecule has 0 aromatic heterocycles. The van der Waals surface area contributed by atoms with Crippen molar-refractivity contribution in [3.8, 4) is 0 Å². The summed E-state index contributed by atoms with van der Waals surface area (Å²) in [4.78, 5) is 25.1. The van der Waals surface area contributed by atoms with E-state index in [1.165, 1.54) is 0 Å². The second kappa shape index (κ2) is 47.2. The van der Waals surface area contributed by atoms with Crippen molar-refractivity contribution < 1.29 is 32.9 Å². The van der Waals surface area contributed by atoms with E-state index in [0.717, 1.165) is 122 Å². The molecule has 0 aliphatic carbocycles. The molecule has 0 spiro atoms. The number of amides is 1. The van der Waals surface area contributed by atoms with E-state index in [-0.39, 0.29) is 18.9 Å². The first-order chi connectivity index (χ1) is 32.5.